The molecule has 0 radical (unpaired) electrons. The van der Waals surface area contributed by atoms with Crippen LogP contribution in [-0.2, 0) is 4.79 Å². The molecule has 1 amide bonds. The molecule has 1 aliphatic heterocycles. The fourth-order valence-electron chi connectivity index (χ4n) is 3.45. The zero-order valence-corrected chi connectivity index (χ0v) is 16.3. The summed E-state index contributed by atoms with van der Waals surface area (Å²) in [5.74, 6) is 0.178. The van der Waals surface area contributed by atoms with Crippen molar-refractivity contribution in [2.24, 2.45) is 0 Å². The maximum Gasteiger partial charge on any atom is 0.241 e. The molecule has 0 atom stereocenters. The van der Waals surface area contributed by atoms with Crippen molar-refractivity contribution in [1.82, 2.24) is 9.80 Å². The number of para-hydroxylation sites is 1. The van der Waals surface area contributed by atoms with Gasteiger partial charge in [0.25, 0.3) is 0 Å². The molecule has 1 aliphatic rings. The predicted molar refractivity (Wildman–Crippen MR) is 113 cm³/mol. The van der Waals surface area contributed by atoms with Crippen LogP contribution in [-0.4, -0.2) is 55.0 Å². The number of benzene rings is 2. The molecule has 4 nitrogen and oxygen atoms in total. The molecule has 4 heteroatoms. The molecule has 0 aliphatic carbocycles. The molecule has 3 rings (SSSR count). The molecular weight excluding hydrogens is 334 g/mol. The van der Waals surface area contributed by atoms with Crippen molar-refractivity contribution in [1.29, 1.82) is 0 Å². The topological polar surface area (TPSA) is 35.6 Å². The van der Waals surface area contributed by atoms with Crippen molar-refractivity contribution in [3.05, 3.63) is 71.3 Å². The Morgan fingerprint density at radius 1 is 0.963 bits per heavy atom. The summed E-state index contributed by atoms with van der Waals surface area (Å²) in [6.45, 7) is 8.88. The molecule has 142 valence electrons. The van der Waals surface area contributed by atoms with E-state index in [1.165, 1.54) is 16.7 Å². The number of aryl methyl sites for hydroxylation is 2. The Morgan fingerprint density at radius 3 is 2.30 bits per heavy atom. The van der Waals surface area contributed by atoms with Crippen LogP contribution in [0.5, 0.6) is 0 Å². The van der Waals surface area contributed by atoms with Crippen LogP contribution in [0, 0.1) is 13.8 Å². The number of amides is 1. The van der Waals surface area contributed by atoms with Gasteiger partial charge in [-0.3, -0.25) is 9.69 Å². The maximum atomic E-state index is 12.5. The van der Waals surface area contributed by atoms with Crippen LogP contribution in [0.4, 0.5) is 5.69 Å². The fourth-order valence-corrected chi connectivity index (χ4v) is 3.45. The van der Waals surface area contributed by atoms with Crippen LogP contribution < -0.4 is 5.32 Å². The molecule has 1 N–H and O–H groups in total. The van der Waals surface area contributed by atoms with E-state index in [9.17, 15) is 4.79 Å². The molecule has 1 saturated heterocycles. The van der Waals surface area contributed by atoms with Gasteiger partial charge in [-0.2, -0.15) is 0 Å². The van der Waals surface area contributed by atoms with Gasteiger partial charge in [0.05, 0.1) is 6.54 Å². The van der Waals surface area contributed by atoms with Crippen LogP contribution in [0.25, 0.3) is 6.08 Å². The van der Waals surface area contributed by atoms with E-state index in [2.05, 4.69) is 72.6 Å². The minimum Gasteiger partial charge on any atom is -0.376 e. The third-order valence-corrected chi connectivity index (χ3v) is 5.10. The highest BCUT2D eigenvalue weighted by Gasteiger charge is 2.20. The average molecular weight is 364 g/mol. The SMILES string of the molecule is Cc1cccc(C)c1NCC(=O)N1CCN(C/C=C/c2ccccc2)CC1. The first-order chi connectivity index (χ1) is 13.1. The Balaban J connectivity index is 1.42. The normalized spacial score (nSPS) is 15.3. The van der Waals surface area contributed by atoms with E-state index >= 15 is 0 Å². The van der Waals surface area contributed by atoms with Gasteiger partial charge in [0, 0.05) is 38.4 Å². The number of anilines is 1. The van der Waals surface area contributed by atoms with Gasteiger partial charge in [-0.25, -0.2) is 0 Å². The smallest absolute Gasteiger partial charge is 0.241 e. The predicted octanol–water partition coefficient (Wildman–Crippen LogP) is 3.57. The molecule has 2 aromatic carbocycles. The summed E-state index contributed by atoms with van der Waals surface area (Å²) < 4.78 is 0. The molecular formula is C23H29N3O. The van der Waals surface area contributed by atoms with Gasteiger partial charge in [0.2, 0.25) is 5.91 Å². The third-order valence-electron chi connectivity index (χ3n) is 5.10. The molecule has 0 bridgehead atoms. The Kier molecular flexibility index (Phi) is 6.66. The summed E-state index contributed by atoms with van der Waals surface area (Å²) >= 11 is 0. The van der Waals surface area contributed by atoms with Gasteiger partial charge in [-0.05, 0) is 30.5 Å². The lowest BCUT2D eigenvalue weighted by Crippen LogP contribution is -2.50. The monoisotopic (exact) mass is 363 g/mol. The fraction of sp³-hybridized carbons (Fsp3) is 0.348. The second-order valence-electron chi connectivity index (χ2n) is 7.11. The number of carbonyl (C=O) groups excluding carboxylic acids is 1. The number of hydrogen-bond acceptors (Lipinski definition) is 3. The van der Waals surface area contributed by atoms with Gasteiger partial charge in [-0.1, -0.05) is 60.7 Å². The zero-order chi connectivity index (χ0) is 19.1. The van der Waals surface area contributed by atoms with Gasteiger partial charge >= 0.3 is 0 Å². The van der Waals surface area contributed by atoms with Crippen LogP contribution in [0.3, 0.4) is 0 Å². The van der Waals surface area contributed by atoms with Crippen molar-refractivity contribution in [3.63, 3.8) is 0 Å². The quantitative estimate of drug-likeness (QED) is 0.852. The maximum absolute atomic E-state index is 12.5. The van der Waals surface area contributed by atoms with Crippen LogP contribution >= 0.6 is 0 Å². The van der Waals surface area contributed by atoms with Crippen LogP contribution in [0.2, 0.25) is 0 Å². The van der Waals surface area contributed by atoms with Crippen molar-refractivity contribution in [3.8, 4) is 0 Å². The van der Waals surface area contributed by atoms with E-state index in [-0.39, 0.29) is 5.91 Å². The standard InChI is InChI=1S/C23H29N3O/c1-19-8-6-9-20(2)23(19)24-18-22(27)26-16-14-25(15-17-26)13-7-12-21-10-4-3-5-11-21/h3-12,24H,13-18H2,1-2H3/b12-7+. The molecule has 1 heterocycles. The lowest BCUT2D eigenvalue weighted by atomic mass is 10.1. The average Bonchev–Trinajstić information content (AvgIpc) is 2.69. The number of nitrogens with one attached hydrogen (secondary N) is 1. The minimum atomic E-state index is 0.178. The summed E-state index contributed by atoms with van der Waals surface area (Å²) in [5.41, 5.74) is 4.66. The number of carbonyl (C=O) groups is 1. The second kappa shape index (κ2) is 9.38. The van der Waals surface area contributed by atoms with Crippen molar-refractivity contribution < 1.29 is 4.79 Å². The Labute approximate surface area is 162 Å². The molecule has 1 fully saturated rings. The first-order valence-electron chi connectivity index (χ1n) is 9.65. The first-order valence-corrected chi connectivity index (χ1v) is 9.65. The highest BCUT2D eigenvalue weighted by Crippen LogP contribution is 2.19. The van der Waals surface area contributed by atoms with Crippen LogP contribution in [0.1, 0.15) is 16.7 Å². The van der Waals surface area contributed by atoms with Crippen molar-refractivity contribution in [2.45, 2.75) is 13.8 Å². The van der Waals surface area contributed by atoms with Gasteiger partial charge < -0.3 is 10.2 Å². The molecule has 0 unspecified atom stereocenters. The van der Waals surface area contributed by atoms with Gasteiger partial charge in [-0.15, -0.1) is 0 Å². The summed E-state index contributed by atoms with van der Waals surface area (Å²) in [5, 5.41) is 3.33. The second-order valence-corrected chi connectivity index (χ2v) is 7.11. The Morgan fingerprint density at radius 2 is 1.63 bits per heavy atom. The molecule has 0 saturated carbocycles. The Hall–Kier alpha value is -2.59. The lowest BCUT2D eigenvalue weighted by molar-refractivity contribution is -0.130. The van der Waals surface area contributed by atoms with Crippen molar-refractivity contribution >= 4 is 17.7 Å². The zero-order valence-electron chi connectivity index (χ0n) is 16.3. The molecule has 0 aromatic heterocycles. The number of rotatable bonds is 6. The first kappa shape index (κ1) is 19.2. The lowest BCUT2D eigenvalue weighted by Gasteiger charge is -2.34. The van der Waals surface area contributed by atoms with Gasteiger partial charge in [0.1, 0.15) is 0 Å². The van der Waals surface area contributed by atoms with E-state index in [0.717, 1.165) is 38.4 Å². The molecule has 2 aromatic rings. The number of piperazine rings is 1. The summed E-state index contributed by atoms with van der Waals surface area (Å²) in [4.78, 5) is 16.9. The number of hydrogen-bond donors (Lipinski definition) is 1. The highest BCUT2D eigenvalue weighted by atomic mass is 16.2. The summed E-state index contributed by atoms with van der Waals surface area (Å²) in [6, 6.07) is 16.5. The molecule has 0 spiro atoms. The third kappa shape index (κ3) is 5.44. The largest absolute Gasteiger partial charge is 0.376 e. The van der Waals surface area contributed by atoms with E-state index in [0.29, 0.717) is 6.54 Å². The summed E-state index contributed by atoms with van der Waals surface area (Å²) in [6.07, 6.45) is 4.36. The van der Waals surface area contributed by atoms with Crippen molar-refractivity contribution in [2.75, 3.05) is 44.6 Å². The minimum absolute atomic E-state index is 0.178. The van der Waals surface area contributed by atoms with Crippen LogP contribution in [0.15, 0.2) is 54.6 Å². The van der Waals surface area contributed by atoms with E-state index in [1.807, 2.05) is 17.0 Å². The number of nitrogens with zero attached hydrogens (tertiary/aromatic N) is 2. The highest BCUT2D eigenvalue weighted by molar-refractivity contribution is 5.81. The summed E-state index contributed by atoms with van der Waals surface area (Å²) in [7, 11) is 0. The Bertz CT molecular complexity index is 757. The van der Waals surface area contributed by atoms with Gasteiger partial charge in [0.15, 0.2) is 0 Å². The molecule has 27 heavy (non-hydrogen) atoms. The van der Waals surface area contributed by atoms with E-state index < -0.39 is 0 Å². The van der Waals surface area contributed by atoms with E-state index in [1.54, 1.807) is 0 Å². The van der Waals surface area contributed by atoms with E-state index in [4.69, 9.17) is 0 Å².